The van der Waals surface area contributed by atoms with Crippen LogP contribution in [0.25, 0.3) is 0 Å². The molecule has 0 radical (unpaired) electrons. The van der Waals surface area contributed by atoms with E-state index in [0.29, 0.717) is 11.8 Å². The molecular weight excluding hydrogens is 426 g/mol. The van der Waals surface area contributed by atoms with Gasteiger partial charge in [-0.3, -0.25) is 9.40 Å². The minimum Gasteiger partial charge on any atom is -0.445 e. The highest BCUT2D eigenvalue weighted by Gasteiger charge is 2.33. The molecule has 0 amide bonds. The van der Waals surface area contributed by atoms with Crippen LogP contribution in [0.4, 0.5) is 17.2 Å². The van der Waals surface area contributed by atoms with Gasteiger partial charge in [0, 0.05) is 41.7 Å². The molecule has 2 aromatic heterocycles. The lowest BCUT2D eigenvalue weighted by Crippen LogP contribution is -2.20. The van der Waals surface area contributed by atoms with E-state index in [-0.39, 0.29) is 11.2 Å². The van der Waals surface area contributed by atoms with Crippen LogP contribution in [-0.4, -0.2) is 30.6 Å². The Balaban J connectivity index is 1.26. The number of hydrogen-bond donors (Lipinski definition) is 2. The number of sulfonamides is 1. The maximum Gasteiger partial charge on any atom is 0.239 e. The summed E-state index contributed by atoms with van der Waals surface area (Å²) in [5, 5.41) is 10.9. The summed E-state index contributed by atoms with van der Waals surface area (Å²) in [5.41, 5.74) is 3.42. The number of fused-ring (bicyclic) bond motifs is 1. The summed E-state index contributed by atoms with van der Waals surface area (Å²) in [6.07, 6.45) is 4.95. The minimum atomic E-state index is -3.24. The van der Waals surface area contributed by atoms with E-state index < -0.39 is 10.0 Å². The molecule has 1 aliphatic heterocycles. The van der Waals surface area contributed by atoms with Gasteiger partial charge in [-0.25, -0.2) is 13.4 Å². The second-order valence-corrected chi connectivity index (χ2v) is 11.9. The van der Waals surface area contributed by atoms with E-state index in [0.717, 1.165) is 59.4 Å². The third kappa shape index (κ3) is 3.79. The van der Waals surface area contributed by atoms with E-state index in [1.807, 2.05) is 30.5 Å². The van der Waals surface area contributed by atoms with Gasteiger partial charge in [-0.1, -0.05) is 20.8 Å². The molecule has 9 heteroatoms. The Hall–Kier alpha value is -2.81. The molecule has 0 saturated heterocycles. The number of benzene rings is 1. The van der Waals surface area contributed by atoms with E-state index in [4.69, 9.17) is 4.42 Å². The lowest BCUT2D eigenvalue weighted by atomic mass is 9.94. The highest BCUT2D eigenvalue weighted by Crippen LogP contribution is 2.44. The maximum atomic E-state index is 12.1. The summed E-state index contributed by atoms with van der Waals surface area (Å²) in [6.45, 7) is 6.39. The molecule has 0 spiro atoms. The zero-order chi connectivity index (χ0) is 22.7. The van der Waals surface area contributed by atoms with Gasteiger partial charge in [0.2, 0.25) is 10.0 Å². The third-order valence-corrected chi connectivity index (χ3v) is 8.24. The number of oxazole rings is 1. The molecule has 0 unspecified atom stereocenters. The highest BCUT2D eigenvalue weighted by molar-refractivity contribution is 7.92. The Morgan fingerprint density at radius 1 is 1.19 bits per heavy atom. The van der Waals surface area contributed by atoms with E-state index in [1.54, 1.807) is 7.05 Å². The normalized spacial score (nSPS) is 22.3. The molecule has 1 aliphatic carbocycles. The van der Waals surface area contributed by atoms with Gasteiger partial charge in [-0.15, -0.1) is 0 Å². The van der Waals surface area contributed by atoms with Crippen LogP contribution in [0.2, 0.25) is 0 Å². The van der Waals surface area contributed by atoms with Crippen molar-refractivity contribution in [3.63, 3.8) is 0 Å². The number of aromatic amines is 1. The maximum absolute atomic E-state index is 12.1. The molecular formula is C23H29N5O3S. The Labute approximate surface area is 188 Å². The van der Waals surface area contributed by atoms with Crippen molar-refractivity contribution in [1.82, 2.24) is 15.2 Å². The Morgan fingerprint density at radius 2 is 1.97 bits per heavy atom. The number of nitrogens with zero attached hydrogens (tertiary/aromatic N) is 3. The fourth-order valence-electron chi connectivity index (χ4n) is 4.60. The first kappa shape index (κ1) is 21.1. The summed E-state index contributed by atoms with van der Waals surface area (Å²) in [6, 6.07) is 7.63. The zero-order valence-electron chi connectivity index (χ0n) is 18.8. The minimum absolute atomic E-state index is 0.0291. The van der Waals surface area contributed by atoms with Crippen molar-refractivity contribution in [2.45, 2.75) is 63.0 Å². The van der Waals surface area contributed by atoms with E-state index in [1.165, 1.54) is 4.31 Å². The van der Waals surface area contributed by atoms with E-state index in [9.17, 15) is 8.42 Å². The van der Waals surface area contributed by atoms with Gasteiger partial charge >= 0.3 is 0 Å². The standard InChI is InChI=1S/C23H29N5O3S/c1-23(2,3)20-12-24-22(31-20)15-6-5-14(9-15)18-11-21(27-26-18)25-17-7-8-19-16(10-17)13-32(29,30)28(19)4/h7-8,10-12,14-15H,5-6,9,13H2,1-4H3,(H2,25,26,27)/t14-,15+/m1/s1. The van der Waals surface area contributed by atoms with Crippen LogP contribution in [0.3, 0.4) is 0 Å². The largest absolute Gasteiger partial charge is 0.445 e. The van der Waals surface area contributed by atoms with Crippen molar-refractivity contribution in [3.8, 4) is 0 Å². The molecule has 1 fully saturated rings. The molecule has 2 atom stereocenters. The average Bonchev–Trinajstić information content (AvgIpc) is 3.48. The van der Waals surface area contributed by atoms with Crippen molar-refractivity contribution in [3.05, 3.63) is 53.4 Å². The SMILES string of the molecule is CN1c2ccc(Nc3cc([C@@H]4CC[C@H](c5ncc(C(C)(C)C)o5)C4)[nH]n3)cc2CS1(=O)=O. The first-order valence-corrected chi connectivity index (χ1v) is 12.6. The van der Waals surface area contributed by atoms with Gasteiger partial charge in [0.15, 0.2) is 11.7 Å². The summed E-state index contributed by atoms with van der Waals surface area (Å²) in [4.78, 5) is 4.55. The number of anilines is 3. The average molecular weight is 456 g/mol. The first-order chi connectivity index (χ1) is 15.1. The van der Waals surface area contributed by atoms with E-state index >= 15 is 0 Å². The number of hydrogen-bond acceptors (Lipinski definition) is 6. The van der Waals surface area contributed by atoms with Gasteiger partial charge in [0.25, 0.3) is 0 Å². The van der Waals surface area contributed by atoms with Gasteiger partial charge < -0.3 is 9.73 Å². The van der Waals surface area contributed by atoms with Crippen LogP contribution < -0.4 is 9.62 Å². The predicted octanol–water partition coefficient (Wildman–Crippen LogP) is 4.77. The molecule has 32 heavy (non-hydrogen) atoms. The topological polar surface area (TPSA) is 104 Å². The van der Waals surface area contributed by atoms with Crippen LogP contribution >= 0.6 is 0 Å². The Kier molecular flexibility index (Phi) is 4.85. The third-order valence-electron chi connectivity index (χ3n) is 6.53. The van der Waals surface area contributed by atoms with Gasteiger partial charge in [0.1, 0.15) is 5.76 Å². The van der Waals surface area contributed by atoms with Crippen LogP contribution in [0.1, 0.15) is 74.8 Å². The summed E-state index contributed by atoms with van der Waals surface area (Å²) < 4.78 is 31.6. The molecule has 0 bridgehead atoms. The summed E-state index contributed by atoms with van der Waals surface area (Å²) in [5.74, 6) is 3.23. The van der Waals surface area contributed by atoms with Gasteiger partial charge in [-0.05, 0) is 43.0 Å². The fraction of sp³-hybridized carbons (Fsp3) is 0.478. The lowest BCUT2D eigenvalue weighted by Gasteiger charge is -2.13. The fourth-order valence-corrected chi connectivity index (χ4v) is 5.89. The zero-order valence-corrected chi connectivity index (χ0v) is 19.7. The van der Waals surface area contributed by atoms with Crippen molar-refractivity contribution < 1.29 is 12.8 Å². The van der Waals surface area contributed by atoms with E-state index in [2.05, 4.69) is 41.3 Å². The number of rotatable bonds is 4. The second-order valence-electron chi connectivity index (χ2n) is 9.92. The number of H-pyrrole nitrogens is 1. The lowest BCUT2D eigenvalue weighted by molar-refractivity contribution is 0.363. The smallest absolute Gasteiger partial charge is 0.239 e. The molecule has 2 N–H and O–H groups in total. The Bertz CT molecular complexity index is 1250. The Morgan fingerprint density at radius 3 is 2.72 bits per heavy atom. The molecule has 3 heterocycles. The summed E-state index contributed by atoms with van der Waals surface area (Å²) >= 11 is 0. The van der Waals surface area contributed by atoms with Crippen LogP contribution in [0.5, 0.6) is 0 Å². The number of nitrogens with one attached hydrogen (secondary N) is 2. The monoisotopic (exact) mass is 455 g/mol. The van der Waals surface area contributed by atoms with Crippen molar-refractivity contribution in [1.29, 1.82) is 0 Å². The van der Waals surface area contributed by atoms with Crippen molar-refractivity contribution in [2.24, 2.45) is 0 Å². The predicted molar refractivity (Wildman–Crippen MR) is 124 cm³/mol. The molecule has 1 aromatic carbocycles. The van der Waals surface area contributed by atoms with Gasteiger partial charge in [0.05, 0.1) is 17.6 Å². The van der Waals surface area contributed by atoms with Crippen molar-refractivity contribution >= 4 is 27.2 Å². The molecule has 1 saturated carbocycles. The molecule has 2 aliphatic rings. The van der Waals surface area contributed by atoms with Gasteiger partial charge in [-0.2, -0.15) is 5.10 Å². The van der Waals surface area contributed by atoms with Crippen LogP contribution in [0.15, 0.2) is 34.9 Å². The molecule has 170 valence electrons. The number of aromatic nitrogens is 3. The van der Waals surface area contributed by atoms with Crippen LogP contribution in [0, 0.1) is 0 Å². The molecule has 5 rings (SSSR count). The van der Waals surface area contributed by atoms with Crippen LogP contribution in [-0.2, 0) is 21.2 Å². The molecule has 8 nitrogen and oxygen atoms in total. The molecule has 3 aromatic rings. The second kappa shape index (κ2) is 7.37. The van der Waals surface area contributed by atoms with Crippen molar-refractivity contribution in [2.75, 3.05) is 16.7 Å². The first-order valence-electron chi connectivity index (χ1n) is 11.0. The summed E-state index contributed by atoms with van der Waals surface area (Å²) in [7, 11) is -1.66. The quantitative estimate of drug-likeness (QED) is 0.587. The highest BCUT2D eigenvalue weighted by atomic mass is 32.2.